The third-order valence-electron chi connectivity index (χ3n) is 3.47. The van der Waals surface area contributed by atoms with Crippen molar-refractivity contribution in [3.05, 3.63) is 58.9 Å². The van der Waals surface area contributed by atoms with Crippen molar-refractivity contribution < 1.29 is 9.90 Å². The predicted octanol–water partition coefficient (Wildman–Crippen LogP) is 2.89. The van der Waals surface area contributed by atoms with Crippen molar-refractivity contribution >= 4 is 5.78 Å². The van der Waals surface area contributed by atoms with E-state index in [9.17, 15) is 9.90 Å². The Morgan fingerprint density at radius 2 is 1.89 bits per heavy atom. The third kappa shape index (κ3) is 2.47. The molecule has 0 aliphatic carbocycles. The maximum absolute atomic E-state index is 12.5. The number of aliphatic hydroxyl groups is 1. The number of rotatable bonds is 4. The van der Waals surface area contributed by atoms with Gasteiger partial charge in [-0.1, -0.05) is 30.3 Å². The van der Waals surface area contributed by atoms with Gasteiger partial charge in [0.25, 0.3) is 0 Å². The fourth-order valence-corrected chi connectivity index (χ4v) is 2.51. The van der Waals surface area contributed by atoms with E-state index in [4.69, 9.17) is 0 Å². The number of ketones is 1. The van der Waals surface area contributed by atoms with Gasteiger partial charge in [-0.05, 0) is 26.8 Å². The predicted molar refractivity (Wildman–Crippen MR) is 75.6 cm³/mol. The second-order valence-corrected chi connectivity index (χ2v) is 4.88. The Morgan fingerprint density at radius 3 is 2.47 bits per heavy atom. The van der Waals surface area contributed by atoms with Gasteiger partial charge in [-0.3, -0.25) is 4.79 Å². The fraction of sp³-hybridized carbons (Fsp3) is 0.312. The first-order chi connectivity index (χ1) is 9.06. The van der Waals surface area contributed by atoms with E-state index < -0.39 is 0 Å². The molecule has 2 rings (SSSR count). The van der Waals surface area contributed by atoms with Gasteiger partial charge >= 0.3 is 0 Å². The van der Waals surface area contributed by atoms with Crippen LogP contribution in [0.25, 0.3) is 0 Å². The number of aromatic nitrogens is 1. The first-order valence-electron chi connectivity index (χ1n) is 6.45. The molecule has 0 radical (unpaired) electrons. The van der Waals surface area contributed by atoms with Crippen molar-refractivity contribution in [1.82, 2.24) is 4.57 Å². The summed E-state index contributed by atoms with van der Waals surface area (Å²) in [5.74, 6) is 0.0325. The summed E-state index contributed by atoms with van der Waals surface area (Å²) in [6.07, 6.45) is 0. The van der Waals surface area contributed by atoms with Crippen molar-refractivity contribution in [3.8, 4) is 0 Å². The summed E-state index contributed by atoms with van der Waals surface area (Å²) in [4.78, 5) is 12.5. The largest absolute Gasteiger partial charge is 0.394 e. The second kappa shape index (κ2) is 5.41. The van der Waals surface area contributed by atoms with Crippen LogP contribution in [0.3, 0.4) is 0 Å². The van der Waals surface area contributed by atoms with E-state index in [1.54, 1.807) is 0 Å². The summed E-state index contributed by atoms with van der Waals surface area (Å²) in [5.41, 5.74) is 3.31. The molecule has 0 amide bonds. The van der Waals surface area contributed by atoms with Crippen LogP contribution in [0.4, 0.5) is 0 Å². The van der Waals surface area contributed by atoms with Gasteiger partial charge in [0.05, 0.1) is 12.6 Å². The molecule has 0 aliphatic heterocycles. The van der Waals surface area contributed by atoms with Crippen molar-refractivity contribution in [2.75, 3.05) is 6.61 Å². The van der Waals surface area contributed by atoms with Crippen LogP contribution < -0.4 is 0 Å². The molecule has 2 aromatic rings. The zero-order valence-electron chi connectivity index (χ0n) is 11.6. The van der Waals surface area contributed by atoms with E-state index in [0.29, 0.717) is 11.1 Å². The molecule has 1 heterocycles. The lowest BCUT2D eigenvalue weighted by Gasteiger charge is -2.16. The van der Waals surface area contributed by atoms with Gasteiger partial charge in [0.1, 0.15) is 0 Å². The van der Waals surface area contributed by atoms with E-state index in [0.717, 1.165) is 11.4 Å². The highest BCUT2D eigenvalue weighted by Crippen LogP contribution is 2.22. The molecule has 1 aromatic heterocycles. The van der Waals surface area contributed by atoms with Crippen LogP contribution in [0, 0.1) is 13.8 Å². The van der Waals surface area contributed by atoms with Crippen LogP contribution in [-0.2, 0) is 0 Å². The van der Waals surface area contributed by atoms with E-state index in [1.165, 1.54) is 0 Å². The highest BCUT2D eigenvalue weighted by Gasteiger charge is 2.19. The highest BCUT2D eigenvalue weighted by molar-refractivity contribution is 6.09. The molecule has 1 atom stereocenters. The SMILES string of the molecule is Cc1cc(C(=O)c2ccccc2)c(C)n1[C@H](C)CO. The molecule has 0 aliphatic rings. The molecule has 1 aromatic carbocycles. The molecule has 3 heteroatoms. The Bertz CT molecular complexity index is 584. The Hall–Kier alpha value is -1.87. The Labute approximate surface area is 113 Å². The molecule has 0 spiro atoms. The van der Waals surface area contributed by atoms with Gasteiger partial charge in [-0.25, -0.2) is 0 Å². The van der Waals surface area contributed by atoms with E-state index in [1.807, 2.05) is 61.7 Å². The number of carbonyl (C=O) groups is 1. The number of aryl methyl sites for hydroxylation is 1. The minimum absolute atomic E-state index is 0.0164. The first-order valence-corrected chi connectivity index (χ1v) is 6.45. The summed E-state index contributed by atoms with van der Waals surface area (Å²) < 4.78 is 2.01. The molecule has 100 valence electrons. The minimum atomic E-state index is -0.0164. The maximum Gasteiger partial charge on any atom is 0.194 e. The van der Waals surface area contributed by atoms with Crippen LogP contribution in [-0.4, -0.2) is 22.1 Å². The van der Waals surface area contributed by atoms with Crippen molar-refractivity contribution in [1.29, 1.82) is 0 Å². The molecule has 0 bridgehead atoms. The number of nitrogens with zero attached hydrogens (tertiary/aromatic N) is 1. The Kier molecular flexibility index (Phi) is 3.86. The number of benzene rings is 1. The molecular weight excluding hydrogens is 238 g/mol. The average molecular weight is 257 g/mol. The number of carbonyl (C=O) groups excluding carboxylic acids is 1. The highest BCUT2D eigenvalue weighted by atomic mass is 16.3. The second-order valence-electron chi connectivity index (χ2n) is 4.88. The van der Waals surface area contributed by atoms with Gasteiger partial charge in [-0.15, -0.1) is 0 Å². The van der Waals surface area contributed by atoms with Crippen molar-refractivity contribution in [3.63, 3.8) is 0 Å². The van der Waals surface area contributed by atoms with Gasteiger partial charge < -0.3 is 9.67 Å². The van der Waals surface area contributed by atoms with Crippen LogP contribution in [0.15, 0.2) is 36.4 Å². The molecule has 0 unspecified atom stereocenters. The van der Waals surface area contributed by atoms with Crippen LogP contribution >= 0.6 is 0 Å². The molecule has 0 saturated heterocycles. The summed E-state index contributed by atoms with van der Waals surface area (Å²) >= 11 is 0. The summed E-state index contributed by atoms with van der Waals surface area (Å²) in [6, 6.07) is 11.2. The van der Waals surface area contributed by atoms with E-state index >= 15 is 0 Å². The lowest BCUT2D eigenvalue weighted by molar-refractivity contribution is 0.103. The quantitative estimate of drug-likeness (QED) is 0.856. The smallest absolute Gasteiger partial charge is 0.194 e. The van der Waals surface area contributed by atoms with Gasteiger partial charge in [0, 0.05) is 22.5 Å². The van der Waals surface area contributed by atoms with Crippen LogP contribution in [0.2, 0.25) is 0 Å². The molecule has 3 nitrogen and oxygen atoms in total. The standard InChI is InChI=1S/C16H19NO2/c1-11-9-15(13(3)17(11)12(2)10-18)16(19)14-7-5-4-6-8-14/h4-9,12,18H,10H2,1-3H3/t12-/m1/s1. The number of hydrogen-bond acceptors (Lipinski definition) is 2. The lowest BCUT2D eigenvalue weighted by Crippen LogP contribution is -2.13. The normalized spacial score (nSPS) is 12.4. The Balaban J connectivity index is 2.45. The molecular formula is C16H19NO2. The summed E-state index contributed by atoms with van der Waals surface area (Å²) in [5, 5.41) is 9.30. The van der Waals surface area contributed by atoms with E-state index in [2.05, 4.69) is 0 Å². The van der Waals surface area contributed by atoms with Crippen LogP contribution in [0.5, 0.6) is 0 Å². The summed E-state index contributed by atoms with van der Waals surface area (Å²) in [6.45, 7) is 5.89. The first kappa shape index (κ1) is 13.6. The van der Waals surface area contributed by atoms with Gasteiger partial charge in [-0.2, -0.15) is 0 Å². The van der Waals surface area contributed by atoms with Gasteiger partial charge in [0.2, 0.25) is 0 Å². The van der Waals surface area contributed by atoms with E-state index in [-0.39, 0.29) is 18.4 Å². The summed E-state index contributed by atoms with van der Waals surface area (Å²) in [7, 11) is 0. The van der Waals surface area contributed by atoms with Gasteiger partial charge in [0.15, 0.2) is 5.78 Å². The minimum Gasteiger partial charge on any atom is -0.394 e. The lowest BCUT2D eigenvalue weighted by atomic mass is 10.0. The number of hydrogen-bond donors (Lipinski definition) is 1. The zero-order chi connectivity index (χ0) is 14.0. The number of aliphatic hydroxyl groups excluding tert-OH is 1. The van der Waals surface area contributed by atoms with Crippen molar-refractivity contribution in [2.45, 2.75) is 26.8 Å². The zero-order valence-corrected chi connectivity index (χ0v) is 11.6. The monoisotopic (exact) mass is 257 g/mol. The molecule has 19 heavy (non-hydrogen) atoms. The molecule has 0 fully saturated rings. The topological polar surface area (TPSA) is 42.2 Å². The molecule has 0 saturated carbocycles. The fourth-order valence-electron chi connectivity index (χ4n) is 2.51. The average Bonchev–Trinajstić information content (AvgIpc) is 2.73. The Morgan fingerprint density at radius 1 is 1.26 bits per heavy atom. The third-order valence-corrected chi connectivity index (χ3v) is 3.47. The van der Waals surface area contributed by atoms with Crippen molar-refractivity contribution in [2.24, 2.45) is 0 Å². The van der Waals surface area contributed by atoms with Crippen LogP contribution in [0.1, 0.15) is 40.3 Å². The maximum atomic E-state index is 12.5. The molecule has 1 N–H and O–H groups in total.